The fraction of sp³-hybridized carbons (Fsp3) is 0.900. The van der Waals surface area contributed by atoms with Crippen LogP contribution in [-0.2, 0) is 0 Å². The predicted molar refractivity (Wildman–Crippen MR) is 54.1 cm³/mol. The van der Waals surface area contributed by atoms with Crippen LogP contribution in [0.1, 0.15) is 39.5 Å². The zero-order valence-electron chi connectivity index (χ0n) is 7.97. The maximum Gasteiger partial charge on any atom is 0.102 e. The Hall–Kier alpha value is -0.160. The number of thioether (sulfide) groups is 1. The second-order valence-corrected chi connectivity index (χ2v) is 5.47. The van der Waals surface area contributed by atoms with E-state index in [2.05, 4.69) is 19.9 Å². The molecule has 0 spiro atoms. The normalized spacial score (nSPS) is 29.2. The first kappa shape index (κ1) is 9.92. The van der Waals surface area contributed by atoms with E-state index >= 15 is 0 Å². The van der Waals surface area contributed by atoms with Crippen molar-refractivity contribution in [2.24, 2.45) is 5.92 Å². The summed E-state index contributed by atoms with van der Waals surface area (Å²) in [6.45, 7) is 4.45. The summed E-state index contributed by atoms with van der Waals surface area (Å²) < 4.78 is -0.00965. The van der Waals surface area contributed by atoms with Crippen molar-refractivity contribution in [3.05, 3.63) is 0 Å². The summed E-state index contributed by atoms with van der Waals surface area (Å²) in [7, 11) is 0. The molecule has 0 aromatic heterocycles. The second-order valence-electron chi connectivity index (χ2n) is 3.99. The van der Waals surface area contributed by atoms with Crippen molar-refractivity contribution in [3.8, 4) is 6.07 Å². The summed E-state index contributed by atoms with van der Waals surface area (Å²) in [5, 5.41) is 9.06. The highest BCUT2D eigenvalue weighted by Crippen LogP contribution is 2.41. The maximum atomic E-state index is 9.06. The first-order valence-corrected chi connectivity index (χ1v) is 5.72. The molecule has 0 amide bonds. The summed E-state index contributed by atoms with van der Waals surface area (Å²) in [6, 6.07) is 2.50. The van der Waals surface area contributed by atoms with Crippen molar-refractivity contribution in [2.75, 3.05) is 5.75 Å². The van der Waals surface area contributed by atoms with Gasteiger partial charge in [0, 0.05) is 0 Å². The van der Waals surface area contributed by atoms with Gasteiger partial charge in [0.25, 0.3) is 0 Å². The van der Waals surface area contributed by atoms with Crippen molar-refractivity contribution < 1.29 is 0 Å². The maximum absolute atomic E-state index is 9.06. The monoisotopic (exact) mass is 183 g/mol. The molecule has 1 fully saturated rings. The van der Waals surface area contributed by atoms with Gasteiger partial charge in [-0.15, -0.1) is 11.8 Å². The molecule has 0 saturated carbocycles. The van der Waals surface area contributed by atoms with E-state index in [1.165, 1.54) is 18.6 Å². The lowest BCUT2D eigenvalue weighted by molar-refractivity contribution is 0.502. The number of nitriles is 1. The zero-order valence-corrected chi connectivity index (χ0v) is 8.78. The van der Waals surface area contributed by atoms with E-state index in [-0.39, 0.29) is 4.75 Å². The van der Waals surface area contributed by atoms with Crippen molar-refractivity contribution in [3.63, 3.8) is 0 Å². The number of nitrogens with zero attached hydrogens (tertiary/aromatic N) is 1. The molecular weight excluding hydrogens is 166 g/mol. The van der Waals surface area contributed by atoms with Gasteiger partial charge in [-0.1, -0.05) is 13.8 Å². The lowest BCUT2D eigenvalue weighted by Crippen LogP contribution is -2.18. The molecule has 0 N–H and O–H groups in total. The highest BCUT2D eigenvalue weighted by atomic mass is 32.2. The lowest BCUT2D eigenvalue weighted by Gasteiger charge is -2.19. The number of hydrogen-bond acceptors (Lipinski definition) is 2. The smallest absolute Gasteiger partial charge is 0.102 e. The van der Waals surface area contributed by atoms with Gasteiger partial charge in [0.2, 0.25) is 0 Å². The summed E-state index contributed by atoms with van der Waals surface area (Å²) >= 11 is 1.87. The van der Waals surface area contributed by atoms with E-state index in [1.54, 1.807) is 0 Å². The first-order valence-electron chi connectivity index (χ1n) is 4.74. The average molecular weight is 183 g/mol. The molecular formula is C10H17NS. The summed E-state index contributed by atoms with van der Waals surface area (Å²) in [4.78, 5) is 0. The third-order valence-corrected chi connectivity index (χ3v) is 3.98. The predicted octanol–water partition coefficient (Wildman–Crippen LogP) is 3.21. The molecule has 1 atom stereocenters. The Morgan fingerprint density at radius 1 is 1.58 bits per heavy atom. The Kier molecular flexibility index (Phi) is 3.46. The largest absolute Gasteiger partial charge is 0.197 e. The molecule has 0 radical (unpaired) electrons. The van der Waals surface area contributed by atoms with Crippen LogP contribution in [0.3, 0.4) is 0 Å². The molecule has 1 saturated heterocycles. The molecule has 0 aliphatic carbocycles. The van der Waals surface area contributed by atoms with Crippen molar-refractivity contribution >= 4 is 11.8 Å². The fourth-order valence-corrected chi connectivity index (χ4v) is 2.86. The average Bonchev–Trinajstić information content (AvgIpc) is 2.50. The van der Waals surface area contributed by atoms with Gasteiger partial charge in [-0.05, 0) is 37.4 Å². The fourth-order valence-electron chi connectivity index (χ4n) is 1.56. The summed E-state index contributed by atoms with van der Waals surface area (Å²) in [6.07, 6.45) is 4.63. The van der Waals surface area contributed by atoms with E-state index in [0.717, 1.165) is 18.8 Å². The van der Waals surface area contributed by atoms with Crippen molar-refractivity contribution in [2.45, 2.75) is 44.3 Å². The Balaban J connectivity index is 2.41. The Bertz CT molecular complexity index is 175. The quantitative estimate of drug-likeness (QED) is 0.671. The highest BCUT2D eigenvalue weighted by molar-refractivity contribution is 8.01. The van der Waals surface area contributed by atoms with Crippen LogP contribution in [0.5, 0.6) is 0 Å². The molecule has 1 rings (SSSR count). The summed E-state index contributed by atoms with van der Waals surface area (Å²) in [5.41, 5.74) is 0. The van der Waals surface area contributed by atoms with Crippen LogP contribution in [0.4, 0.5) is 0 Å². The molecule has 1 unspecified atom stereocenters. The van der Waals surface area contributed by atoms with Crippen LogP contribution in [-0.4, -0.2) is 10.5 Å². The second kappa shape index (κ2) is 4.18. The summed E-state index contributed by atoms with van der Waals surface area (Å²) in [5.74, 6) is 1.92. The van der Waals surface area contributed by atoms with Crippen molar-refractivity contribution in [1.82, 2.24) is 0 Å². The van der Waals surface area contributed by atoms with E-state index in [4.69, 9.17) is 5.26 Å². The minimum absolute atomic E-state index is 0.00965. The number of rotatable bonds is 3. The van der Waals surface area contributed by atoms with Gasteiger partial charge >= 0.3 is 0 Å². The zero-order chi connectivity index (χ0) is 9.03. The van der Waals surface area contributed by atoms with Crippen LogP contribution in [0, 0.1) is 17.2 Å². The molecule has 0 aromatic rings. The van der Waals surface area contributed by atoms with Crippen molar-refractivity contribution in [1.29, 1.82) is 5.26 Å². The van der Waals surface area contributed by atoms with Crippen LogP contribution in [0.2, 0.25) is 0 Å². The van der Waals surface area contributed by atoms with E-state index in [0.29, 0.717) is 0 Å². The van der Waals surface area contributed by atoms with Crippen LogP contribution >= 0.6 is 11.8 Å². The molecule has 1 aliphatic heterocycles. The molecule has 2 heteroatoms. The third kappa shape index (κ3) is 2.42. The molecule has 1 heterocycles. The van der Waals surface area contributed by atoms with E-state index in [9.17, 15) is 0 Å². The molecule has 1 nitrogen and oxygen atoms in total. The third-order valence-electron chi connectivity index (χ3n) is 2.43. The minimum Gasteiger partial charge on any atom is -0.197 e. The molecule has 12 heavy (non-hydrogen) atoms. The highest BCUT2D eigenvalue weighted by Gasteiger charge is 2.34. The van der Waals surface area contributed by atoms with Gasteiger partial charge in [0.15, 0.2) is 0 Å². The molecule has 68 valence electrons. The lowest BCUT2D eigenvalue weighted by atomic mass is 9.95. The van der Waals surface area contributed by atoms with Gasteiger partial charge in [-0.3, -0.25) is 0 Å². The van der Waals surface area contributed by atoms with Gasteiger partial charge in [-0.2, -0.15) is 5.26 Å². The standard InChI is InChI=1S/C10H17NS/c1-9(2)4-6-10(8-11)5-3-7-12-10/h9H,3-7H2,1-2H3. The molecule has 0 bridgehead atoms. The van der Waals surface area contributed by atoms with E-state index in [1.807, 2.05) is 11.8 Å². The Labute approximate surface area is 79.5 Å². The van der Waals surface area contributed by atoms with Crippen LogP contribution in [0.25, 0.3) is 0 Å². The van der Waals surface area contributed by atoms with E-state index < -0.39 is 0 Å². The Morgan fingerprint density at radius 3 is 2.75 bits per heavy atom. The molecule has 1 aliphatic rings. The first-order chi connectivity index (χ1) is 5.68. The number of hydrogen-bond donors (Lipinski definition) is 0. The van der Waals surface area contributed by atoms with Gasteiger partial charge in [0.1, 0.15) is 4.75 Å². The minimum atomic E-state index is -0.00965. The van der Waals surface area contributed by atoms with Gasteiger partial charge in [0.05, 0.1) is 6.07 Å². The van der Waals surface area contributed by atoms with Gasteiger partial charge in [-0.25, -0.2) is 0 Å². The topological polar surface area (TPSA) is 23.8 Å². The molecule has 0 aromatic carbocycles. The Morgan fingerprint density at radius 2 is 2.33 bits per heavy atom. The SMILES string of the molecule is CC(C)CCC1(C#N)CCCS1. The van der Waals surface area contributed by atoms with Crippen LogP contribution < -0.4 is 0 Å². The van der Waals surface area contributed by atoms with Crippen LogP contribution in [0.15, 0.2) is 0 Å². The van der Waals surface area contributed by atoms with Gasteiger partial charge < -0.3 is 0 Å².